The first-order valence-corrected chi connectivity index (χ1v) is 3.54. The maximum absolute atomic E-state index is 13.0. The Labute approximate surface area is 74.0 Å². The van der Waals surface area contributed by atoms with Gasteiger partial charge in [0.1, 0.15) is 5.82 Å². The van der Waals surface area contributed by atoms with E-state index >= 15 is 0 Å². The fourth-order valence-electron chi connectivity index (χ4n) is 0.923. The SMILES string of the molecule is N#Cc1ccc(CC(=O)O)c(F)c1. The van der Waals surface area contributed by atoms with Gasteiger partial charge in [0.25, 0.3) is 0 Å². The minimum Gasteiger partial charge on any atom is -0.481 e. The average Bonchev–Trinajstić information content (AvgIpc) is 2.08. The van der Waals surface area contributed by atoms with Gasteiger partial charge in [0.2, 0.25) is 0 Å². The summed E-state index contributed by atoms with van der Waals surface area (Å²) in [5.74, 6) is -1.75. The number of carboxylic acid groups (broad SMARTS) is 1. The molecule has 0 aliphatic carbocycles. The van der Waals surface area contributed by atoms with Crippen molar-refractivity contribution in [3.05, 3.63) is 35.1 Å². The van der Waals surface area contributed by atoms with E-state index in [2.05, 4.69) is 0 Å². The van der Waals surface area contributed by atoms with Gasteiger partial charge in [0, 0.05) is 0 Å². The second-order valence-corrected chi connectivity index (χ2v) is 2.49. The van der Waals surface area contributed by atoms with Crippen molar-refractivity contribution in [2.75, 3.05) is 0 Å². The van der Waals surface area contributed by atoms with E-state index < -0.39 is 11.8 Å². The normalized spacial score (nSPS) is 9.23. The number of nitriles is 1. The Kier molecular flexibility index (Phi) is 2.60. The molecule has 0 fully saturated rings. The van der Waals surface area contributed by atoms with Crippen molar-refractivity contribution in [1.29, 1.82) is 5.26 Å². The Balaban J connectivity index is 3.00. The van der Waals surface area contributed by atoms with Crippen LogP contribution in [-0.2, 0) is 11.2 Å². The van der Waals surface area contributed by atoms with E-state index in [0.29, 0.717) is 0 Å². The lowest BCUT2D eigenvalue weighted by molar-refractivity contribution is -0.136. The highest BCUT2D eigenvalue weighted by atomic mass is 19.1. The van der Waals surface area contributed by atoms with Crippen molar-refractivity contribution < 1.29 is 14.3 Å². The van der Waals surface area contributed by atoms with Crippen molar-refractivity contribution in [3.63, 3.8) is 0 Å². The molecule has 0 aliphatic heterocycles. The molecule has 1 aromatic rings. The van der Waals surface area contributed by atoms with E-state index in [4.69, 9.17) is 10.4 Å². The van der Waals surface area contributed by atoms with E-state index in [9.17, 15) is 9.18 Å². The van der Waals surface area contributed by atoms with E-state index in [1.165, 1.54) is 12.1 Å². The molecule has 0 amide bonds. The monoisotopic (exact) mass is 179 g/mol. The van der Waals surface area contributed by atoms with Gasteiger partial charge in [-0.3, -0.25) is 4.79 Å². The van der Waals surface area contributed by atoms with Crippen LogP contribution in [0.4, 0.5) is 4.39 Å². The molecule has 0 saturated carbocycles. The van der Waals surface area contributed by atoms with Crippen molar-refractivity contribution in [2.45, 2.75) is 6.42 Å². The van der Waals surface area contributed by atoms with Crippen LogP contribution in [-0.4, -0.2) is 11.1 Å². The van der Waals surface area contributed by atoms with Crippen molar-refractivity contribution in [1.82, 2.24) is 0 Å². The molecule has 0 aliphatic rings. The Hall–Kier alpha value is -1.89. The summed E-state index contributed by atoms with van der Waals surface area (Å²) in [4.78, 5) is 10.2. The molecule has 13 heavy (non-hydrogen) atoms. The molecule has 1 N–H and O–H groups in total. The molecule has 0 heterocycles. The molecule has 0 aromatic heterocycles. The summed E-state index contributed by atoms with van der Waals surface area (Å²) < 4.78 is 13.0. The van der Waals surface area contributed by atoms with Gasteiger partial charge in [-0.15, -0.1) is 0 Å². The highest BCUT2D eigenvalue weighted by molar-refractivity contribution is 5.70. The maximum atomic E-state index is 13.0. The predicted octanol–water partition coefficient (Wildman–Crippen LogP) is 1.32. The Morgan fingerprint density at radius 3 is 2.77 bits per heavy atom. The maximum Gasteiger partial charge on any atom is 0.307 e. The standard InChI is InChI=1S/C9H6FNO2/c10-8-3-6(5-11)1-2-7(8)4-9(12)13/h1-3H,4H2,(H,12,13). The third-order valence-electron chi connectivity index (χ3n) is 1.52. The van der Waals surface area contributed by atoms with Crippen molar-refractivity contribution in [2.24, 2.45) is 0 Å². The Morgan fingerprint density at radius 1 is 1.62 bits per heavy atom. The molecule has 0 saturated heterocycles. The van der Waals surface area contributed by atoms with Crippen LogP contribution in [0.5, 0.6) is 0 Å². The van der Waals surface area contributed by atoms with Gasteiger partial charge in [-0.25, -0.2) is 4.39 Å². The quantitative estimate of drug-likeness (QED) is 0.744. The molecular weight excluding hydrogens is 173 g/mol. The van der Waals surface area contributed by atoms with Crippen LogP contribution < -0.4 is 0 Å². The number of halogens is 1. The summed E-state index contributed by atoms with van der Waals surface area (Å²) >= 11 is 0. The van der Waals surface area contributed by atoms with Crippen LogP contribution in [0.15, 0.2) is 18.2 Å². The number of carboxylic acids is 1. The summed E-state index contributed by atoms with van der Waals surface area (Å²) in [6, 6.07) is 5.48. The number of hydrogen-bond donors (Lipinski definition) is 1. The molecule has 4 heteroatoms. The van der Waals surface area contributed by atoms with Crippen LogP contribution in [0.2, 0.25) is 0 Å². The number of nitrogens with zero attached hydrogens (tertiary/aromatic N) is 1. The fraction of sp³-hybridized carbons (Fsp3) is 0.111. The summed E-state index contributed by atoms with van der Waals surface area (Å²) in [7, 11) is 0. The summed E-state index contributed by atoms with van der Waals surface area (Å²) in [5.41, 5.74) is 0.276. The van der Waals surface area contributed by atoms with Crippen LogP contribution in [0.3, 0.4) is 0 Å². The van der Waals surface area contributed by atoms with E-state index in [1.54, 1.807) is 6.07 Å². The largest absolute Gasteiger partial charge is 0.481 e. The second kappa shape index (κ2) is 3.68. The van der Waals surface area contributed by atoms with Crippen molar-refractivity contribution in [3.8, 4) is 6.07 Å². The fourth-order valence-corrected chi connectivity index (χ4v) is 0.923. The van der Waals surface area contributed by atoms with Gasteiger partial charge in [0.15, 0.2) is 0 Å². The zero-order chi connectivity index (χ0) is 9.84. The number of benzene rings is 1. The van der Waals surface area contributed by atoms with Gasteiger partial charge in [-0.05, 0) is 17.7 Å². The third-order valence-corrected chi connectivity index (χ3v) is 1.52. The lowest BCUT2D eigenvalue weighted by Gasteiger charge is -1.98. The highest BCUT2D eigenvalue weighted by Crippen LogP contribution is 2.10. The number of aliphatic carboxylic acids is 1. The first-order valence-electron chi connectivity index (χ1n) is 3.54. The molecule has 0 bridgehead atoms. The molecule has 66 valence electrons. The third kappa shape index (κ3) is 2.27. The zero-order valence-corrected chi connectivity index (χ0v) is 6.62. The average molecular weight is 179 g/mol. The molecular formula is C9H6FNO2. The molecule has 0 spiro atoms. The van der Waals surface area contributed by atoms with Gasteiger partial charge in [-0.2, -0.15) is 5.26 Å². The van der Waals surface area contributed by atoms with Crippen molar-refractivity contribution >= 4 is 5.97 Å². The molecule has 1 aromatic carbocycles. The second-order valence-electron chi connectivity index (χ2n) is 2.49. The molecule has 0 radical (unpaired) electrons. The van der Waals surface area contributed by atoms with Crippen LogP contribution >= 0.6 is 0 Å². The van der Waals surface area contributed by atoms with E-state index in [1.807, 2.05) is 0 Å². The van der Waals surface area contributed by atoms with Gasteiger partial charge in [0.05, 0.1) is 18.1 Å². The summed E-state index contributed by atoms with van der Waals surface area (Å²) in [5, 5.41) is 16.8. The van der Waals surface area contributed by atoms with Gasteiger partial charge >= 0.3 is 5.97 Å². The van der Waals surface area contributed by atoms with Gasteiger partial charge in [-0.1, -0.05) is 6.07 Å². The minimum absolute atomic E-state index is 0.0894. The lowest BCUT2D eigenvalue weighted by Crippen LogP contribution is -2.02. The van der Waals surface area contributed by atoms with Crippen LogP contribution in [0.25, 0.3) is 0 Å². The number of rotatable bonds is 2. The predicted molar refractivity (Wildman–Crippen MR) is 42.5 cm³/mol. The van der Waals surface area contributed by atoms with Crippen LogP contribution in [0.1, 0.15) is 11.1 Å². The minimum atomic E-state index is -1.09. The van der Waals surface area contributed by atoms with E-state index in [0.717, 1.165) is 6.07 Å². The van der Waals surface area contributed by atoms with Crippen LogP contribution in [0, 0.1) is 17.1 Å². The zero-order valence-electron chi connectivity index (χ0n) is 6.62. The number of hydrogen-bond acceptors (Lipinski definition) is 2. The lowest BCUT2D eigenvalue weighted by atomic mass is 10.1. The highest BCUT2D eigenvalue weighted by Gasteiger charge is 2.06. The molecule has 3 nitrogen and oxygen atoms in total. The molecule has 0 atom stereocenters. The first-order chi connectivity index (χ1) is 6.13. The molecule has 0 unspecified atom stereocenters. The Bertz CT molecular complexity index is 382. The van der Waals surface area contributed by atoms with Gasteiger partial charge < -0.3 is 5.11 Å². The summed E-state index contributed by atoms with van der Waals surface area (Å²) in [6.45, 7) is 0. The van der Waals surface area contributed by atoms with E-state index in [-0.39, 0.29) is 17.5 Å². The molecule has 1 rings (SSSR count). The first kappa shape index (κ1) is 9.20. The topological polar surface area (TPSA) is 61.1 Å². The summed E-state index contributed by atoms with van der Waals surface area (Å²) in [6.07, 6.45) is -0.364. The smallest absolute Gasteiger partial charge is 0.307 e. The number of carbonyl (C=O) groups is 1. The Morgan fingerprint density at radius 2 is 2.31 bits per heavy atom.